The third-order valence-corrected chi connectivity index (χ3v) is 6.14. The van der Waals surface area contributed by atoms with Gasteiger partial charge in [-0.15, -0.1) is 11.3 Å². The number of thiophene rings is 1. The molecule has 3 aromatic rings. The van der Waals surface area contributed by atoms with Crippen LogP contribution in [0.4, 0.5) is 23.4 Å². The monoisotopic (exact) mass is 478 g/mol. The van der Waals surface area contributed by atoms with Crippen LogP contribution in [0.25, 0.3) is 0 Å². The number of Topliss-reactive ketones (excluding diaryl/α,β-unsaturated/α-hetero) is 1. The van der Waals surface area contributed by atoms with E-state index < -0.39 is 17.6 Å². The fourth-order valence-corrected chi connectivity index (χ4v) is 4.65. The molecule has 0 radical (unpaired) electrons. The maximum Gasteiger partial charge on any atom is 0.416 e. The molecule has 0 fully saturated rings. The molecule has 10 heteroatoms. The maximum absolute atomic E-state index is 12.2. The Morgan fingerprint density at radius 1 is 1.33 bits per heavy atom. The zero-order valence-electron chi connectivity index (χ0n) is 17.7. The minimum Gasteiger partial charge on any atom is -0.383 e. The number of halogens is 4. The quantitative estimate of drug-likeness (QED) is 0.302. The number of rotatable bonds is 4. The second kappa shape index (κ2) is 10.2. The van der Waals surface area contributed by atoms with Crippen LogP contribution in [-0.2, 0) is 25.7 Å². The number of benzene rings is 1. The Hall–Kier alpha value is -3.11. The molecule has 0 atom stereocenters. The van der Waals surface area contributed by atoms with Gasteiger partial charge in [0.15, 0.2) is 5.78 Å². The molecule has 5 nitrogen and oxygen atoms in total. The Bertz CT molecular complexity index is 1160. The molecule has 3 heterocycles. The predicted molar refractivity (Wildman–Crippen MR) is 120 cm³/mol. The minimum absolute atomic E-state index is 0.157. The Morgan fingerprint density at radius 3 is 2.70 bits per heavy atom. The van der Waals surface area contributed by atoms with Crippen molar-refractivity contribution in [3.63, 3.8) is 0 Å². The number of hydrogen-bond donors (Lipinski definition) is 2. The second-order valence-corrected chi connectivity index (χ2v) is 8.50. The molecule has 0 bridgehead atoms. The molecule has 1 aliphatic heterocycles. The van der Waals surface area contributed by atoms with Crippen molar-refractivity contribution >= 4 is 29.2 Å². The van der Waals surface area contributed by atoms with Crippen molar-refractivity contribution in [1.82, 2.24) is 9.88 Å². The summed E-state index contributed by atoms with van der Waals surface area (Å²) in [6.07, 6.45) is -0.540. The smallest absolute Gasteiger partial charge is 0.383 e. The summed E-state index contributed by atoms with van der Waals surface area (Å²) in [5, 5.41) is 9.33. The van der Waals surface area contributed by atoms with Gasteiger partial charge in [-0.1, -0.05) is 6.07 Å². The molecular formula is C23H22F4N4OS. The highest BCUT2D eigenvalue weighted by atomic mass is 32.1. The summed E-state index contributed by atoms with van der Waals surface area (Å²) in [7, 11) is 0. The van der Waals surface area contributed by atoms with Crippen LogP contribution >= 0.6 is 11.3 Å². The molecule has 0 saturated carbocycles. The van der Waals surface area contributed by atoms with Crippen LogP contribution in [0.1, 0.15) is 44.4 Å². The molecule has 0 saturated heterocycles. The standard InChI is InChI=1S/C16H18N4OS.C7H4F4/c1-10(21)14-9-22-15-8-20(3-2-13(14)15)7-11-4-12(5-17)16(18)19-6-11;8-6-3-1-2-5(4-6)7(9,10)11/h4-6,9,17H,2-3,7-8H2,1H3,(H2,18,19);1-4H. The van der Waals surface area contributed by atoms with Crippen molar-refractivity contribution in [2.45, 2.75) is 32.6 Å². The van der Waals surface area contributed by atoms with Crippen LogP contribution in [0.5, 0.6) is 0 Å². The molecule has 174 valence electrons. The number of alkyl halides is 3. The summed E-state index contributed by atoms with van der Waals surface area (Å²) in [5.41, 5.74) is 8.59. The number of carbonyl (C=O) groups excluding carboxylic acids is 1. The first-order valence-corrected chi connectivity index (χ1v) is 10.9. The largest absolute Gasteiger partial charge is 0.416 e. The Balaban J connectivity index is 0.000000235. The molecule has 0 aliphatic carbocycles. The van der Waals surface area contributed by atoms with Crippen LogP contribution in [0.15, 0.2) is 41.9 Å². The lowest BCUT2D eigenvalue weighted by molar-refractivity contribution is -0.137. The third-order valence-electron chi connectivity index (χ3n) is 5.13. The van der Waals surface area contributed by atoms with Crippen molar-refractivity contribution in [2.75, 3.05) is 12.3 Å². The van der Waals surface area contributed by atoms with Crippen LogP contribution in [-0.4, -0.2) is 28.4 Å². The number of nitrogens with one attached hydrogen (secondary N) is 1. The van der Waals surface area contributed by atoms with E-state index >= 15 is 0 Å². The van der Waals surface area contributed by atoms with Gasteiger partial charge in [0.25, 0.3) is 0 Å². The average Bonchev–Trinajstić information content (AvgIpc) is 3.18. The molecule has 0 spiro atoms. The van der Waals surface area contributed by atoms with Crippen molar-refractivity contribution in [1.29, 1.82) is 5.41 Å². The molecule has 1 aromatic carbocycles. The van der Waals surface area contributed by atoms with Gasteiger partial charge >= 0.3 is 6.18 Å². The molecular weight excluding hydrogens is 456 g/mol. The van der Waals surface area contributed by atoms with Gasteiger partial charge in [0, 0.05) is 53.4 Å². The van der Waals surface area contributed by atoms with E-state index in [1.807, 2.05) is 11.4 Å². The van der Waals surface area contributed by atoms with Crippen molar-refractivity contribution in [3.05, 3.63) is 80.4 Å². The SMILES string of the molecule is CC(=O)c1csc2c1CCN(Cc1cnc(N)c(C=N)c1)C2.Fc1cccc(C(F)(F)F)c1. The molecule has 33 heavy (non-hydrogen) atoms. The van der Waals surface area contributed by atoms with Crippen molar-refractivity contribution in [3.8, 4) is 0 Å². The first kappa shape index (κ1) is 24.5. The van der Waals surface area contributed by atoms with E-state index in [4.69, 9.17) is 11.1 Å². The van der Waals surface area contributed by atoms with Gasteiger partial charge in [0.1, 0.15) is 11.6 Å². The molecule has 4 rings (SSSR count). The Labute approximate surface area is 192 Å². The summed E-state index contributed by atoms with van der Waals surface area (Å²) in [4.78, 5) is 19.4. The first-order valence-electron chi connectivity index (χ1n) is 9.98. The van der Waals surface area contributed by atoms with E-state index in [2.05, 4.69) is 9.88 Å². The zero-order valence-corrected chi connectivity index (χ0v) is 18.6. The molecule has 2 aromatic heterocycles. The molecule has 1 aliphatic rings. The lowest BCUT2D eigenvalue weighted by Crippen LogP contribution is -2.29. The summed E-state index contributed by atoms with van der Waals surface area (Å²) >= 11 is 1.67. The minimum atomic E-state index is -4.46. The summed E-state index contributed by atoms with van der Waals surface area (Å²) in [6, 6.07) is 5.19. The zero-order chi connectivity index (χ0) is 24.2. The number of fused-ring (bicyclic) bond motifs is 1. The highest BCUT2D eigenvalue weighted by Gasteiger charge is 2.30. The highest BCUT2D eigenvalue weighted by molar-refractivity contribution is 7.10. The van der Waals surface area contributed by atoms with Gasteiger partial charge in [-0.3, -0.25) is 9.69 Å². The van der Waals surface area contributed by atoms with Crippen LogP contribution in [0.2, 0.25) is 0 Å². The van der Waals surface area contributed by atoms with Crippen molar-refractivity contribution in [2.24, 2.45) is 0 Å². The van der Waals surface area contributed by atoms with Gasteiger partial charge in [-0.2, -0.15) is 13.2 Å². The summed E-state index contributed by atoms with van der Waals surface area (Å²) in [6.45, 7) is 4.19. The van der Waals surface area contributed by atoms with E-state index in [9.17, 15) is 22.4 Å². The van der Waals surface area contributed by atoms with Gasteiger partial charge in [0.2, 0.25) is 0 Å². The number of nitrogens with zero attached hydrogens (tertiary/aromatic N) is 2. The Morgan fingerprint density at radius 2 is 2.09 bits per heavy atom. The fraction of sp³-hybridized carbons (Fsp3) is 0.261. The van der Waals surface area contributed by atoms with E-state index in [1.165, 1.54) is 16.7 Å². The van der Waals surface area contributed by atoms with Crippen LogP contribution in [0.3, 0.4) is 0 Å². The number of pyridine rings is 1. The number of hydrogen-bond acceptors (Lipinski definition) is 6. The molecule has 0 amide bonds. The number of carbonyl (C=O) groups is 1. The number of aromatic nitrogens is 1. The second-order valence-electron chi connectivity index (χ2n) is 7.54. The van der Waals surface area contributed by atoms with Gasteiger partial charge in [0.05, 0.1) is 5.56 Å². The third kappa shape index (κ3) is 6.23. The number of anilines is 1. The number of ketones is 1. The van der Waals surface area contributed by atoms with Gasteiger partial charge in [-0.25, -0.2) is 9.37 Å². The van der Waals surface area contributed by atoms with Gasteiger partial charge in [-0.05, 0) is 48.7 Å². The average molecular weight is 479 g/mol. The summed E-state index contributed by atoms with van der Waals surface area (Å²) < 4.78 is 47.6. The molecule has 0 unspecified atom stereocenters. The van der Waals surface area contributed by atoms with Crippen LogP contribution < -0.4 is 5.73 Å². The fourth-order valence-electron chi connectivity index (χ4n) is 3.47. The summed E-state index contributed by atoms with van der Waals surface area (Å²) in [5.74, 6) is -0.326. The van der Waals surface area contributed by atoms with E-state index in [1.54, 1.807) is 24.5 Å². The van der Waals surface area contributed by atoms with Gasteiger partial charge < -0.3 is 11.1 Å². The number of nitrogens with two attached hydrogens (primary N) is 1. The van der Waals surface area contributed by atoms with Crippen LogP contribution in [0, 0.1) is 11.2 Å². The van der Waals surface area contributed by atoms with E-state index in [0.717, 1.165) is 55.4 Å². The lowest BCUT2D eigenvalue weighted by Gasteiger charge is -2.27. The topological polar surface area (TPSA) is 83.1 Å². The van der Waals surface area contributed by atoms with Crippen molar-refractivity contribution < 1.29 is 22.4 Å². The number of nitrogen functional groups attached to an aromatic ring is 1. The normalized spacial score (nSPS) is 13.6. The predicted octanol–water partition coefficient (Wildman–Crippen LogP) is 5.33. The highest BCUT2D eigenvalue weighted by Crippen LogP contribution is 2.30. The van der Waals surface area contributed by atoms with E-state index in [0.29, 0.717) is 17.4 Å². The first-order chi connectivity index (χ1) is 15.6. The Kier molecular flexibility index (Phi) is 7.60. The molecule has 3 N–H and O–H groups in total. The maximum atomic E-state index is 12.2. The lowest BCUT2D eigenvalue weighted by atomic mass is 10.0. The van der Waals surface area contributed by atoms with E-state index in [-0.39, 0.29) is 5.78 Å².